The summed E-state index contributed by atoms with van der Waals surface area (Å²) in [5, 5.41) is 7.73. The van der Waals surface area contributed by atoms with Crippen molar-refractivity contribution in [1.29, 1.82) is 0 Å². The molecule has 1 aliphatic rings. The van der Waals surface area contributed by atoms with Crippen LogP contribution in [0.25, 0.3) is 11.3 Å². The highest BCUT2D eigenvalue weighted by atomic mass is 16.5. The van der Waals surface area contributed by atoms with Crippen LogP contribution in [0.2, 0.25) is 0 Å². The van der Waals surface area contributed by atoms with E-state index in [-0.39, 0.29) is 18.4 Å². The van der Waals surface area contributed by atoms with Gasteiger partial charge in [-0.2, -0.15) is 5.10 Å². The summed E-state index contributed by atoms with van der Waals surface area (Å²) in [5.41, 5.74) is 1.99. The second-order valence-electron chi connectivity index (χ2n) is 9.35. The Kier molecular flexibility index (Phi) is 6.72. The Morgan fingerprint density at radius 1 is 1.15 bits per heavy atom. The van der Waals surface area contributed by atoms with Crippen LogP contribution in [0, 0.1) is 5.92 Å². The second kappa shape index (κ2) is 9.71. The van der Waals surface area contributed by atoms with Crippen molar-refractivity contribution in [2.24, 2.45) is 5.92 Å². The van der Waals surface area contributed by atoms with Crippen molar-refractivity contribution < 1.29 is 14.3 Å². The highest BCUT2D eigenvalue weighted by Gasteiger charge is 2.47. The van der Waals surface area contributed by atoms with E-state index in [4.69, 9.17) is 9.84 Å². The molecule has 1 atom stereocenters. The summed E-state index contributed by atoms with van der Waals surface area (Å²) in [6.07, 6.45) is 0.806. The van der Waals surface area contributed by atoms with Gasteiger partial charge in [0, 0.05) is 24.2 Å². The minimum Gasteiger partial charge on any atom is -0.496 e. The Morgan fingerprint density at radius 2 is 1.85 bits per heavy atom. The zero-order valence-electron chi connectivity index (χ0n) is 20.2. The van der Waals surface area contributed by atoms with E-state index in [2.05, 4.69) is 19.2 Å². The molecule has 0 spiro atoms. The average molecular weight is 461 g/mol. The van der Waals surface area contributed by atoms with Crippen LogP contribution in [0.15, 0.2) is 60.7 Å². The van der Waals surface area contributed by atoms with Gasteiger partial charge in [0.25, 0.3) is 5.91 Å². The Balaban J connectivity index is 1.64. The molecule has 0 radical (unpaired) electrons. The molecule has 0 saturated carbocycles. The van der Waals surface area contributed by atoms with Crippen molar-refractivity contribution in [3.8, 4) is 17.0 Å². The summed E-state index contributed by atoms with van der Waals surface area (Å²) in [5.74, 6) is 0.737. The van der Waals surface area contributed by atoms with Crippen LogP contribution in [0.1, 0.15) is 43.2 Å². The van der Waals surface area contributed by atoms with Crippen LogP contribution in [0.5, 0.6) is 5.75 Å². The van der Waals surface area contributed by atoms with Crippen molar-refractivity contribution in [2.45, 2.75) is 45.8 Å². The number of rotatable bonds is 8. The van der Waals surface area contributed by atoms with Crippen molar-refractivity contribution in [3.05, 3.63) is 71.9 Å². The Hall–Kier alpha value is -3.61. The van der Waals surface area contributed by atoms with E-state index < -0.39 is 5.54 Å². The number of fused-ring (bicyclic) bond motifs is 1. The average Bonchev–Trinajstić information content (AvgIpc) is 3.26. The lowest BCUT2D eigenvalue weighted by atomic mass is 9.93. The largest absolute Gasteiger partial charge is 0.496 e. The molecule has 2 amide bonds. The number of nitrogens with zero attached hydrogens (tertiary/aromatic N) is 3. The standard InChI is InChI=1S/C27H32N4O3/c1-19(2)14-15-30-25(32)23-16-22(20-10-6-5-7-11-20)29-31(23)18-27(30,3)26(33)28-17-21-12-8-9-13-24(21)34-4/h5-13,16,19H,14-15,17-18H2,1-4H3,(H,28,33)/t27-/m1/s1. The number of hydrogen-bond donors (Lipinski definition) is 1. The van der Waals surface area contributed by atoms with Gasteiger partial charge >= 0.3 is 0 Å². The number of para-hydroxylation sites is 1. The Morgan fingerprint density at radius 3 is 2.56 bits per heavy atom. The minimum atomic E-state index is -1.07. The molecule has 0 fully saturated rings. The molecule has 1 aromatic heterocycles. The number of carbonyl (C=O) groups is 2. The van der Waals surface area contributed by atoms with Gasteiger partial charge in [0.05, 0.1) is 19.3 Å². The van der Waals surface area contributed by atoms with Gasteiger partial charge in [-0.25, -0.2) is 0 Å². The van der Waals surface area contributed by atoms with Crippen molar-refractivity contribution in [1.82, 2.24) is 20.0 Å². The van der Waals surface area contributed by atoms with Gasteiger partial charge in [-0.3, -0.25) is 14.3 Å². The lowest BCUT2D eigenvalue weighted by Gasteiger charge is -2.43. The number of benzene rings is 2. The summed E-state index contributed by atoms with van der Waals surface area (Å²) in [7, 11) is 1.61. The summed E-state index contributed by atoms with van der Waals surface area (Å²) < 4.78 is 7.09. The Bertz CT molecular complexity index is 1170. The summed E-state index contributed by atoms with van der Waals surface area (Å²) in [6.45, 7) is 7.16. The first-order valence-electron chi connectivity index (χ1n) is 11.7. The van der Waals surface area contributed by atoms with Crippen molar-refractivity contribution >= 4 is 11.8 Å². The second-order valence-corrected chi connectivity index (χ2v) is 9.35. The third kappa shape index (κ3) is 4.55. The zero-order chi connectivity index (χ0) is 24.3. The number of aromatic nitrogens is 2. The SMILES string of the molecule is COc1ccccc1CNC(=O)[C@@]1(C)Cn2nc(-c3ccccc3)cc2C(=O)N1CCC(C)C. The molecule has 7 heteroatoms. The first-order chi connectivity index (χ1) is 16.3. The third-order valence-electron chi connectivity index (χ3n) is 6.42. The maximum absolute atomic E-state index is 13.6. The maximum atomic E-state index is 13.6. The van der Waals surface area contributed by atoms with Gasteiger partial charge in [0.2, 0.25) is 5.91 Å². The van der Waals surface area contributed by atoms with Crippen LogP contribution < -0.4 is 10.1 Å². The zero-order valence-corrected chi connectivity index (χ0v) is 20.2. The van der Waals surface area contributed by atoms with Crippen molar-refractivity contribution in [2.75, 3.05) is 13.7 Å². The number of ether oxygens (including phenoxy) is 1. The fourth-order valence-corrected chi connectivity index (χ4v) is 4.34. The predicted molar refractivity (Wildman–Crippen MR) is 131 cm³/mol. The van der Waals surface area contributed by atoms with E-state index >= 15 is 0 Å². The normalized spacial score (nSPS) is 17.6. The molecule has 1 N–H and O–H groups in total. The molecular formula is C27H32N4O3. The molecular weight excluding hydrogens is 428 g/mol. The predicted octanol–water partition coefficient (Wildman–Crippen LogP) is 4.14. The molecule has 7 nitrogen and oxygen atoms in total. The maximum Gasteiger partial charge on any atom is 0.273 e. The number of nitrogens with one attached hydrogen (secondary N) is 1. The molecule has 34 heavy (non-hydrogen) atoms. The molecule has 0 bridgehead atoms. The number of carbonyl (C=O) groups excluding carboxylic acids is 2. The van der Waals surface area contributed by atoms with Gasteiger partial charge < -0.3 is 15.0 Å². The monoisotopic (exact) mass is 460 g/mol. The molecule has 4 rings (SSSR count). The van der Waals surface area contributed by atoms with E-state index in [0.29, 0.717) is 30.5 Å². The van der Waals surface area contributed by atoms with Gasteiger partial charge in [0.15, 0.2) is 0 Å². The lowest BCUT2D eigenvalue weighted by molar-refractivity contribution is -0.133. The highest BCUT2D eigenvalue weighted by molar-refractivity contribution is 6.00. The molecule has 2 heterocycles. The van der Waals surface area contributed by atoms with Crippen LogP contribution in [0.4, 0.5) is 0 Å². The van der Waals surface area contributed by atoms with Gasteiger partial charge in [-0.05, 0) is 31.4 Å². The summed E-state index contributed by atoms with van der Waals surface area (Å²) in [6, 6.07) is 19.2. The smallest absolute Gasteiger partial charge is 0.273 e. The number of methoxy groups -OCH3 is 1. The minimum absolute atomic E-state index is 0.170. The molecule has 0 saturated heterocycles. The molecule has 178 valence electrons. The molecule has 0 aliphatic carbocycles. The highest BCUT2D eigenvalue weighted by Crippen LogP contribution is 2.31. The topological polar surface area (TPSA) is 76.5 Å². The molecule has 2 aromatic carbocycles. The van der Waals surface area contributed by atoms with Crippen LogP contribution in [-0.2, 0) is 17.9 Å². The van der Waals surface area contributed by atoms with Gasteiger partial charge in [0.1, 0.15) is 17.0 Å². The Labute approximate surface area is 200 Å². The summed E-state index contributed by atoms with van der Waals surface area (Å²) in [4.78, 5) is 28.9. The lowest BCUT2D eigenvalue weighted by Crippen LogP contribution is -2.64. The van der Waals surface area contributed by atoms with Crippen molar-refractivity contribution in [3.63, 3.8) is 0 Å². The first-order valence-corrected chi connectivity index (χ1v) is 11.7. The van der Waals surface area contributed by atoms with Gasteiger partial charge in [-0.15, -0.1) is 0 Å². The van der Waals surface area contributed by atoms with E-state index in [0.717, 1.165) is 23.2 Å². The summed E-state index contributed by atoms with van der Waals surface area (Å²) >= 11 is 0. The molecule has 0 unspecified atom stereocenters. The third-order valence-corrected chi connectivity index (χ3v) is 6.42. The number of amides is 2. The van der Waals surface area contributed by atoms with Crippen LogP contribution >= 0.6 is 0 Å². The van der Waals surface area contributed by atoms with Crippen LogP contribution in [0.3, 0.4) is 0 Å². The quantitative estimate of drug-likeness (QED) is 0.548. The van der Waals surface area contributed by atoms with E-state index in [9.17, 15) is 9.59 Å². The van der Waals surface area contributed by atoms with E-state index in [1.54, 1.807) is 16.7 Å². The van der Waals surface area contributed by atoms with E-state index in [1.807, 2.05) is 67.6 Å². The van der Waals surface area contributed by atoms with Crippen LogP contribution in [-0.4, -0.2) is 45.7 Å². The molecule has 1 aliphatic heterocycles. The van der Waals surface area contributed by atoms with Gasteiger partial charge in [-0.1, -0.05) is 62.4 Å². The number of hydrogen-bond acceptors (Lipinski definition) is 4. The van der Waals surface area contributed by atoms with E-state index in [1.165, 1.54) is 0 Å². The first kappa shape index (κ1) is 23.5. The fraction of sp³-hybridized carbons (Fsp3) is 0.370. The molecule has 3 aromatic rings. The fourth-order valence-electron chi connectivity index (χ4n) is 4.34.